The van der Waals surface area contributed by atoms with Crippen LogP contribution in [0.1, 0.15) is 29.8 Å². The van der Waals surface area contributed by atoms with Crippen molar-refractivity contribution in [3.63, 3.8) is 0 Å². The molecule has 1 heterocycles. The summed E-state index contributed by atoms with van der Waals surface area (Å²) in [6.45, 7) is 3.21. The van der Waals surface area contributed by atoms with Crippen LogP contribution in [0, 0.1) is 0 Å². The number of rotatable bonds is 4. The van der Waals surface area contributed by atoms with Gasteiger partial charge in [0, 0.05) is 10.8 Å². The van der Waals surface area contributed by atoms with Crippen LogP contribution < -0.4 is 10.2 Å². The summed E-state index contributed by atoms with van der Waals surface area (Å²) in [6, 6.07) is 0.203. The molecular weight excluding hydrogens is 279 g/mol. The average molecular weight is 292 g/mol. The summed E-state index contributed by atoms with van der Waals surface area (Å²) >= 11 is 0. The predicted molar refractivity (Wildman–Crippen MR) is 59.3 cm³/mol. The van der Waals surface area contributed by atoms with Crippen LogP contribution in [0.25, 0.3) is 0 Å². The van der Waals surface area contributed by atoms with Crippen LogP contribution in [0.15, 0.2) is 18.5 Å². The van der Waals surface area contributed by atoms with Crippen molar-refractivity contribution in [1.82, 2.24) is 10.4 Å². The molecule has 0 aliphatic heterocycles. The molecule has 0 saturated carbocycles. The van der Waals surface area contributed by atoms with Crippen LogP contribution in [0.4, 0.5) is 13.2 Å². The highest BCUT2D eigenvalue weighted by Gasteiger charge is 2.35. The van der Waals surface area contributed by atoms with Crippen molar-refractivity contribution in [3.8, 4) is 0 Å². The number of halogens is 3. The van der Waals surface area contributed by atoms with Gasteiger partial charge in [-0.2, -0.15) is 13.2 Å². The number of carbonyl (C=O) groups is 2. The van der Waals surface area contributed by atoms with Gasteiger partial charge in [-0.15, -0.1) is 0 Å². The fourth-order valence-electron chi connectivity index (χ4n) is 1.30. The van der Waals surface area contributed by atoms with Gasteiger partial charge in [-0.25, -0.2) is 0 Å². The fourth-order valence-corrected chi connectivity index (χ4v) is 1.30. The van der Waals surface area contributed by atoms with Gasteiger partial charge in [-0.3, -0.25) is 25.2 Å². The van der Waals surface area contributed by atoms with Gasteiger partial charge >= 0.3 is 6.18 Å². The Labute approximate surface area is 112 Å². The minimum atomic E-state index is -4.71. The van der Waals surface area contributed by atoms with E-state index in [1.54, 1.807) is 13.8 Å². The van der Waals surface area contributed by atoms with Crippen LogP contribution >= 0.6 is 0 Å². The molecule has 6 nitrogen and oxygen atoms in total. The molecule has 1 aromatic rings. The summed E-state index contributed by atoms with van der Waals surface area (Å²) < 4.78 is 37.8. The zero-order valence-corrected chi connectivity index (χ0v) is 10.7. The highest BCUT2D eigenvalue weighted by Crippen LogP contribution is 2.28. The summed E-state index contributed by atoms with van der Waals surface area (Å²) in [5, 5.41) is 10.1. The minimum Gasteiger partial charge on any atom is -0.285 e. The first-order chi connectivity index (χ1) is 9.15. The van der Waals surface area contributed by atoms with Crippen molar-refractivity contribution in [2.45, 2.75) is 26.1 Å². The second kappa shape index (κ2) is 5.76. The molecule has 0 unspecified atom stereocenters. The van der Waals surface area contributed by atoms with E-state index in [2.05, 4.69) is 5.43 Å². The maximum atomic E-state index is 12.5. The third-order valence-electron chi connectivity index (χ3n) is 2.34. The number of aromatic nitrogens is 1. The zero-order valence-electron chi connectivity index (χ0n) is 10.7. The molecule has 1 rings (SSSR count). The van der Waals surface area contributed by atoms with Gasteiger partial charge < -0.3 is 0 Å². The third kappa shape index (κ3) is 3.84. The lowest BCUT2D eigenvalue weighted by molar-refractivity contribution is -0.905. The Balaban J connectivity index is 3.05. The summed E-state index contributed by atoms with van der Waals surface area (Å²) in [5.74, 6) is -0.945. The fraction of sp³-hybridized carbons (Fsp3) is 0.364. The molecule has 0 fully saturated rings. The van der Waals surface area contributed by atoms with E-state index in [1.165, 1.54) is 0 Å². The van der Waals surface area contributed by atoms with Crippen molar-refractivity contribution >= 4 is 12.3 Å². The Morgan fingerprint density at radius 3 is 2.50 bits per heavy atom. The number of nitrogens with zero attached hydrogens (tertiary/aromatic N) is 2. The van der Waals surface area contributed by atoms with Crippen LogP contribution in [0.2, 0.25) is 0 Å². The number of carbonyl (C=O) groups excluding carboxylic acids is 2. The standard InChI is InChI=1S/C11H12F3N3O3/c1-7(2)17(6-18)15-10(19)8-3-9(11(12,13)14)5-16(20)4-8/h3-7H,1-2H3,(H-,15,19,20)/p+1. The Kier molecular flexibility index (Phi) is 4.53. The van der Waals surface area contributed by atoms with E-state index >= 15 is 0 Å². The first kappa shape index (κ1) is 15.7. The molecule has 0 aliphatic rings. The molecule has 2 N–H and O–H groups in total. The molecule has 0 aromatic carbocycles. The lowest BCUT2D eigenvalue weighted by Gasteiger charge is -2.21. The first-order valence-corrected chi connectivity index (χ1v) is 5.52. The van der Waals surface area contributed by atoms with Gasteiger partial charge in [0.1, 0.15) is 11.1 Å². The molecule has 0 atom stereocenters. The summed E-state index contributed by atoms with van der Waals surface area (Å²) in [6.07, 6.45) is -3.14. The summed E-state index contributed by atoms with van der Waals surface area (Å²) in [5.41, 5.74) is 0.502. The predicted octanol–water partition coefficient (Wildman–Crippen LogP) is 0.742. The van der Waals surface area contributed by atoms with Crippen molar-refractivity contribution in [2.75, 3.05) is 0 Å². The van der Waals surface area contributed by atoms with E-state index < -0.39 is 23.2 Å². The lowest BCUT2D eigenvalue weighted by Crippen LogP contribution is -2.46. The van der Waals surface area contributed by atoms with Crippen LogP contribution in [0.3, 0.4) is 0 Å². The second-order valence-electron chi connectivity index (χ2n) is 4.24. The van der Waals surface area contributed by atoms with Crippen molar-refractivity contribution in [1.29, 1.82) is 0 Å². The number of hydrazine groups is 1. The highest BCUT2D eigenvalue weighted by molar-refractivity contribution is 5.94. The average Bonchev–Trinajstić information content (AvgIpc) is 2.33. The van der Waals surface area contributed by atoms with Crippen molar-refractivity contribution < 1.29 is 32.7 Å². The van der Waals surface area contributed by atoms with Crippen molar-refractivity contribution in [3.05, 3.63) is 29.6 Å². The van der Waals surface area contributed by atoms with Gasteiger partial charge in [0.15, 0.2) is 0 Å². The molecule has 0 spiro atoms. The highest BCUT2D eigenvalue weighted by atomic mass is 19.4. The van der Waals surface area contributed by atoms with Gasteiger partial charge in [-0.05, 0) is 19.9 Å². The third-order valence-corrected chi connectivity index (χ3v) is 2.34. The molecular formula is C11H13F3N3O3+. The number of amides is 2. The molecule has 0 bridgehead atoms. The van der Waals surface area contributed by atoms with Crippen LogP contribution in [0.5, 0.6) is 0 Å². The minimum absolute atomic E-state index is 0.137. The van der Waals surface area contributed by atoms with E-state index in [1.807, 2.05) is 0 Å². The Bertz CT molecular complexity index is 517. The normalized spacial score (nSPS) is 11.3. The number of pyridine rings is 1. The van der Waals surface area contributed by atoms with Crippen LogP contribution in [-0.2, 0) is 11.0 Å². The van der Waals surface area contributed by atoms with Gasteiger partial charge in [0.25, 0.3) is 5.91 Å². The smallest absolute Gasteiger partial charge is 0.285 e. The summed E-state index contributed by atoms with van der Waals surface area (Å²) in [4.78, 5) is 22.4. The van der Waals surface area contributed by atoms with E-state index in [4.69, 9.17) is 5.21 Å². The molecule has 0 radical (unpaired) electrons. The Morgan fingerprint density at radius 2 is 2.05 bits per heavy atom. The first-order valence-electron chi connectivity index (χ1n) is 5.52. The van der Waals surface area contributed by atoms with E-state index in [0.717, 1.165) is 11.2 Å². The molecule has 0 aliphatic carbocycles. The number of hydrogen-bond acceptors (Lipinski definition) is 3. The topological polar surface area (TPSA) is 73.5 Å². The Hall–Kier alpha value is -2.32. The quantitative estimate of drug-likeness (QED) is 0.372. The maximum absolute atomic E-state index is 12.5. The monoisotopic (exact) mass is 292 g/mol. The zero-order chi connectivity index (χ0) is 15.5. The largest absolute Gasteiger partial charge is 0.422 e. The summed E-state index contributed by atoms with van der Waals surface area (Å²) in [7, 11) is 0. The molecule has 0 saturated heterocycles. The second-order valence-corrected chi connectivity index (χ2v) is 4.24. The maximum Gasteiger partial charge on any atom is 0.422 e. The van der Waals surface area contributed by atoms with E-state index in [9.17, 15) is 22.8 Å². The Morgan fingerprint density at radius 1 is 1.45 bits per heavy atom. The van der Waals surface area contributed by atoms with E-state index in [0.29, 0.717) is 18.7 Å². The molecule has 20 heavy (non-hydrogen) atoms. The lowest BCUT2D eigenvalue weighted by atomic mass is 10.2. The number of nitrogens with one attached hydrogen (secondary N) is 1. The molecule has 110 valence electrons. The van der Waals surface area contributed by atoms with Crippen LogP contribution in [-0.4, -0.2) is 28.6 Å². The molecule has 9 heteroatoms. The SMILES string of the molecule is CC(C)N(C=O)NC(=O)c1cc(C(F)(F)F)c[n+](O)c1. The number of alkyl halides is 3. The molecule has 1 aromatic heterocycles. The number of hydrogen-bond donors (Lipinski definition) is 2. The molecule has 2 amide bonds. The van der Waals surface area contributed by atoms with Crippen molar-refractivity contribution in [2.24, 2.45) is 0 Å². The van der Waals surface area contributed by atoms with Gasteiger partial charge in [-0.1, -0.05) is 0 Å². The van der Waals surface area contributed by atoms with Gasteiger partial charge in [0.05, 0.1) is 0 Å². The van der Waals surface area contributed by atoms with E-state index in [-0.39, 0.29) is 10.8 Å². The van der Waals surface area contributed by atoms with Gasteiger partial charge in [0.2, 0.25) is 18.8 Å².